The maximum absolute atomic E-state index is 13.7. The minimum Gasteiger partial charge on any atom is -0.326 e. The largest absolute Gasteiger partial charge is 0.326 e. The van der Waals surface area contributed by atoms with Crippen LogP contribution in [0, 0.1) is 12.7 Å². The van der Waals surface area contributed by atoms with Crippen molar-refractivity contribution in [3.8, 4) is 0 Å². The smallest absolute Gasteiger partial charge is 0.264 e. The first kappa shape index (κ1) is 15.5. The molecule has 0 unspecified atom stereocenters. The lowest BCUT2D eigenvalue weighted by molar-refractivity contribution is 0.581. The first-order valence-corrected chi connectivity index (χ1v) is 7.85. The van der Waals surface area contributed by atoms with Crippen LogP contribution < -0.4 is 10.0 Å². The van der Waals surface area contributed by atoms with Crippen molar-refractivity contribution < 1.29 is 12.8 Å². The summed E-state index contributed by atoms with van der Waals surface area (Å²) in [6.07, 6.45) is 0. The van der Waals surface area contributed by atoms with E-state index >= 15 is 0 Å². The summed E-state index contributed by atoms with van der Waals surface area (Å²) in [4.78, 5) is -0.103. The van der Waals surface area contributed by atoms with Crippen LogP contribution in [-0.4, -0.2) is 15.5 Å². The molecule has 6 heteroatoms. The van der Waals surface area contributed by atoms with Crippen LogP contribution in [0.5, 0.6) is 0 Å². The fourth-order valence-corrected chi connectivity index (χ4v) is 3.52. The molecule has 0 spiro atoms. The molecule has 112 valence electrons. The van der Waals surface area contributed by atoms with Gasteiger partial charge in [-0.1, -0.05) is 18.2 Å². The quantitative estimate of drug-likeness (QED) is 0.943. The van der Waals surface area contributed by atoms with Gasteiger partial charge in [0.2, 0.25) is 0 Å². The van der Waals surface area contributed by atoms with Crippen molar-refractivity contribution in [1.82, 2.24) is 0 Å². The Labute approximate surface area is 124 Å². The SMILES string of the molecule is Cc1cccc(N(C)S(=O)(=O)c2cccc(F)c2CN)c1. The summed E-state index contributed by atoms with van der Waals surface area (Å²) in [6, 6.07) is 11.0. The van der Waals surface area contributed by atoms with Gasteiger partial charge in [-0.25, -0.2) is 12.8 Å². The molecule has 0 heterocycles. The molecule has 0 amide bonds. The van der Waals surface area contributed by atoms with E-state index in [1.54, 1.807) is 18.2 Å². The van der Waals surface area contributed by atoms with Gasteiger partial charge in [0.25, 0.3) is 10.0 Å². The number of aryl methyl sites for hydroxylation is 1. The van der Waals surface area contributed by atoms with Crippen molar-refractivity contribution in [2.24, 2.45) is 5.73 Å². The van der Waals surface area contributed by atoms with Gasteiger partial charge in [-0.2, -0.15) is 0 Å². The summed E-state index contributed by atoms with van der Waals surface area (Å²) in [6.45, 7) is 1.69. The number of sulfonamides is 1. The molecule has 0 saturated heterocycles. The van der Waals surface area contributed by atoms with Gasteiger partial charge in [0.05, 0.1) is 10.6 Å². The molecule has 2 aromatic rings. The van der Waals surface area contributed by atoms with E-state index in [1.165, 1.54) is 25.2 Å². The Balaban J connectivity index is 2.55. The third kappa shape index (κ3) is 2.91. The van der Waals surface area contributed by atoms with Crippen LogP contribution >= 0.6 is 0 Å². The lowest BCUT2D eigenvalue weighted by Crippen LogP contribution is -2.28. The van der Waals surface area contributed by atoms with E-state index in [0.717, 1.165) is 9.87 Å². The van der Waals surface area contributed by atoms with Gasteiger partial charge in [0.1, 0.15) is 5.82 Å². The number of halogens is 1. The highest BCUT2D eigenvalue weighted by molar-refractivity contribution is 7.92. The first-order valence-electron chi connectivity index (χ1n) is 6.41. The molecule has 2 N–H and O–H groups in total. The van der Waals surface area contributed by atoms with Crippen LogP contribution in [-0.2, 0) is 16.6 Å². The van der Waals surface area contributed by atoms with E-state index in [1.807, 2.05) is 13.0 Å². The summed E-state index contributed by atoms with van der Waals surface area (Å²) >= 11 is 0. The average Bonchev–Trinajstić information content (AvgIpc) is 2.46. The Morgan fingerprint density at radius 3 is 2.48 bits per heavy atom. The molecule has 0 aliphatic heterocycles. The standard InChI is InChI=1S/C15H17FN2O2S/c1-11-5-3-6-12(9-11)18(2)21(19,20)15-8-4-7-14(16)13(15)10-17/h3-9H,10,17H2,1-2H3. The highest BCUT2D eigenvalue weighted by Crippen LogP contribution is 2.26. The number of benzene rings is 2. The monoisotopic (exact) mass is 308 g/mol. The normalized spacial score (nSPS) is 11.4. The molecule has 0 atom stereocenters. The second kappa shape index (κ2) is 5.83. The fourth-order valence-electron chi connectivity index (χ4n) is 2.09. The highest BCUT2D eigenvalue weighted by atomic mass is 32.2. The Morgan fingerprint density at radius 2 is 1.86 bits per heavy atom. The van der Waals surface area contributed by atoms with Crippen LogP contribution in [0.3, 0.4) is 0 Å². The maximum Gasteiger partial charge on any atom is 0.264 e. The maximum atomic E-state index is 13.7. The molecule has 0 radical (unpaired) electrons. The van der Waals surface area contributed by atoms with Crippen LogP contribution in [0.15, 0.2) is 47.4 Å². The minimum absolute atomic E-state index is 0.00277. The Morgan fingerprint density at radius 1 is 1.19 bits per heavy atom. The third-order valence-electron chi connectivity index (χ3n) is 3.28. The Hall–Kier alpha value is -1.92. The van der Waals surface area contributed by atoms with Crippen molar-refractivity contribution in [3.63, 3.8) is 0 Å². The van der Waals surface area contributed by atoms with E-state index in [-0.39, 0.29) is 17.0 Å². The molecule has 0 saturated carbocycles. The van der Waals surface area contributed by atoms with E-state index in [4.69, 9.17) is 5.73 Å². The lowest BCUT2D eigenvalue weighted by atomic mass is 10.2. The summed E-state index contributed by atoms with van der Waals surface area (Å²) in [5.41, 5.74) is 6.94. The average molecular weight is 308 g/mol. The molecular formula is C15H17FN2O2S. The van der Waals surface area contributed by atoms with Gasteiger partial charge < -0.3 is 5.73 Å². The third-order valence-corrected chi connectivity index (χ3v) is 5.15. The molecule has 0 aliphatic carbocycles. The fraction of sp³-hybridized carbons (Fsp3) is 0.200. The number of nitrogens with zero attached hydrogens (tertiary/aromatic N) is 1. The molecule has 2 rings (SSSR count). The zero-order valence-corrected chi connectivity index (χ0v) is 12.7. The summed E-state index contributed by atoms with van der Waals surface area (Å²) in [5.74, 6) is -0.615. The van der Waals surface area contributed by atoms with Crippen molar-refractivity contribution in [1.29, 1.82) is 0 Å². The molecule has 4 nitrogen and oxygen atoms in total. The van der Waals surface area contributed by atoms with Crippen molar-refractivity contribution in [2.45, 2.75) is 18.4 Å². The second-order valence-electron chi connectivity index (χ2n) is 4.73. The van der Waals surface area contributed by atoms with Crippen LogP contribution in [0.4, 0.5) is 10.1 Å². The zero-order chi connectivity index (χ0) is 15.6. The zero-order valence-electron chi connectivity index (χ0n) is 11.9. The van der Waals surface area contributed by atoms with Crippen LogP contribution in [0.25, 0.3) is 0 Å². The predicted octanol–water partition coefficient (Wildman–Crippen LogP) is 2.42. The van der Waals surface area contributed by atoms with E-state index in [0.29, 0.717) is 5.69 Å². The number of rotatable bonds is 4. The number of anilines is 1. The van der Waals surface area contributed by atoms with E-state index in [2.05, 4.69) is 0 Å². The number of nitrogens with two attached hydrogens (primary N) is 1. The van der Waals surface area contributed by atoms with Crippen LogP contribution in [0.1, 0.15) is 11.1 Å². The van der Waals surface area contributed by atoms with Gasteiger partial charge in [0.15, 0.2) is 0 Å². The summed E-state index contributed by atoms with van der Waals surface area (Å²) < 4.78 is 40.2. The van der Waals surface area contributed by atoms with Crippen LogP contribution in [0.2, 0.25) is 0 Å². The number of hydrogen-bond acceptors (Lipinski definition) is 3. The molecular weight excluding hydrogens is 291 g/mol. The Bertz CT molecular complexity index is 760. The van der Waals surface area contributed by atoms with E-state index in [9.17, 15) is 12.8 Å². The minimum atomic E-state index is -3.86. The molecule has 0 aromatic heterocycles. The molecule has 0 fully saturated rings. The van der Waals surface area contributed by atoms with Crippen molar-refractivity contribution in [2.75, 3.05) is 11.4 Å². The molecule has 2 aromatic carbocycles. The predicted molar refractivity (Wildman–Crippen MR) is 81.1 cm³/mol. The van der Waals surface area contributed by atoms with Gasteiger partial charge in [-0.3, -0.25) is 4.31 Å². The second-order valence-corrected chi connectivity index (χ2v) is 6.67. The number of hydrogen-bond donors (Lipinski definition) is 1. The van der Waals surface area contributed by atoms with E-state index < -0.39 is 15.8 Å². The summed E-state index contributed by atoms with van der Waals surface area (Å²) in [5, 5.41) is 0. The van der Waals surface area contributed by atoms with Gasteiger partial charge in [0, 0.05) is 19.2 Å². The topological polar surface area (TPSA) is 63.4 Å². The molecule has 0 bridgehead atoms. The van der Waals surface area contributed by atoms with Gasteiger partial charge in [-0.05, 0) is 36.8 Å². The molecule has 0 aliphatic rings. The Kier molecular flexibility index (Phi) is 4.29. The van der Waals surface area contributed by atoms with Crippen molar-refractivity contribution in [3.05, 3.63) is 59.4 Å². The first-order chi connectivity index (χ1) is 9.87. The lowest BCUT2D eigenvalue weighted by Gasteiger charge is -2.21. The highest BCUT2D eigenvalue weighted by Gasteiger charge is 2.25. The van der Waals surface area contributed by atoms with Gasteiger partial charge >= 0.3 is 0 Å². The summed E-state index contributed by atoms with van der Waals surface area (Å²) in [7, 11) is -2.42. The van der Waals surface area contributed by atoms with Crippen molar-refractivity contribution >= 4 is 15.7 Å². The van der Waals surface area contributed by atoms with Gasteiger partial charge in [-0.15, -0.1) is 0 Å². The molecule has 21 heavy (non-hydrogen) atoms.